The van der Waals surface area contributed by atoms with Gasteiger partial charge in [-0.1, -0.05) is 76.6 Å². The number of ether oxygens (including phenoxy) is 3. The van der Waals surface area contributed by atoms with Gasteiger partial charge >= 0.3 is 12.1 Å². The molecule has 0 saturated carbocycles. The number of esters is 1. The third kappa shape index (κ3) is 9.52. The third-order valence-corrected chi connectivity index (χ3v) is 7.43. The van der Waals surface area contributed by atoms with Crippen LogP contribution >= 0.6 is 0 Å². The van der Waals surface area contributed by atoms with Gasteiger partial charge in [-0.05, 0) is 60.9 Å². The van der Waals surface area contributed by atoms with Gasteiger partial charge in [0.2, 0.25) is 0 Å². The van der Waals surface area contributed by atoms with Crippen molar-refractivity contribution < 1.29 is 28.9 Å². The number of benzene rings is 2. The highest BCUT2D eigenvalue weighted by atomic mass is 16.6. The summed E-state index contributed by atoms with van der Waals surface area (Å²) >= 11 is 0. The first-order valence-electron chi connectivity index (χ1n) is 14.3. The van der Waals surface area contributed by atoms with Crippen molar-refractivity contribution in [1.29, 1.82) is 0 Å². The molecule has 2 aromatic rings. The number of nitrogens with zero attached hydrogens (tertiary/aromatic N) is 1. The van der Waals surface area contributed by atoms with Crippen LogP contribution in [0.25, 0.3) is 0 Å². The molecule has 4 atom stereocenters. The number of rotatable bonds is 13. The molecule has 1 unspecified atom stereocenters. The van der Waals surface area contributed by atoms with Crippen LogP contribution in [-0.4, -0.2) is 66.6 Å². The first-order chi connectivity index (χ1) is 19.1. The van der Waals surface area contributed by atoms with E-state index in [1.165, 1.54) is 0 Å². The normalized spacial score (nSPS) is 18.0. The van der Waals surface area contributed by atoms with Crippen molar-refractivity contribution in [3.8, 4) is 5.75 Å². The molecule has 1 fully saturated rings. The first kappa shape index (κ1) is 31.4. The Morgan fingerprint density at radius 3 is 2.40 bits per heavy atom. The number of amides is 1. The van der Waals surface area contributed by atoms with Crippen LogP contribution in [0.3, 0.4) is 0 Å². The van der Waals surface area contributed by atoms with Gasteiger partial charge in [-0.3, -0.25) is 9.69 Å². The van der Waals surface area contributed by atoms with Gasteiger partial charge in [0.1, 0.15) is 24.5 Å². The second-order valence-corrected chi connectivity index (χ2v) is 11.7. The van der Waals surface area contributed by atoms with E-state index < -0.39 is 24.3 Å². The Kier molecular flexibility index (Phi) is 11.8. The van der Waals surface area contributed by atoms with Crippen molar-refractivity contribution in [2.75, 3.05) is 20.2 Å². The van der Waals surface area contributed by atoms with E-state index in [0.717, 1.165) is 36.1 Å². The predicted octanol–water partition coefficient (Wildman–Crippen LogP) is 5.12. The number of aliphatic hydroxyl groups is 1. The zero-order chi connectivity index (χ0) is 29.1. The lowest BCUT2D eigenvalue weighted by Gasteiger charge is -2.34. The maximum Gasteiger partial charge on any atom is 0.407 e. The lowest BCUT2D eigenvalue weighted by molar-refractivity contribution is -0.161. The SMILES string of the molecule is CCCC(OC(=O)[C@@H]1CCCN1C[C@@H](O)[C@H](Cc1ccc(OC)cc1)NC(=O)OCc1ccccc1)C(C)(C)C. The summed E-state index contributed by atoms with van der Waals surface area (Å²) in [7, 11) is 1.61. The molecular weight excluding hydrogens is 508 g/mol. The van der Waals surface area contributed by atoms with Crippen molar-refractivity contribution in [1.82, 2.24) is 10.2 Å². The van der Waals surface area contributed by atoms with Crippen molar-refractivity contribution in [2.24, 2.45) is 5.41 Å². The maximum atomic E-state index is 13.2. The molecule has 0 bridgehead atoms. The monoisotopic (exact) mass is 554 g/mol. The van der Waals surface area contributed by atoms with Crippen molar-refractivity contribution in [2.45, 2.75) is 90.7 Å². The molecule has 2 aromatic carbocycles. The Balaban J connectivity index is 1.68. The molecule has 8 nitrogen and oxygen atoms in total. The molecule has 3 rings (SSSR count). The Hall–Kier alpha value is -3.10. The summed E-state index contributed by atoms with van der Waals surface area (Å²) in [5.74, 6) is 0.492. The number of carbonyl (C=O) groups is 2. The molecule has 0 aromatic heterocycles. The first-order valence-corrected chi connectivity index (χ1v) is 14.3. The van der Waals surface area contributed by atoms with Crippen LogP contribution in [0, 0.1) is 5.41 Å². The number of aliphatic hydroxyl groups excluding tert-OH is 1. The molecule has 1 saturated heterocycles. The average Bonchev–Trinajstić information content (AvgIpc) is 3.40. The van der Waals surface area contributed by atoms with Gasteiger partial charge in [0.05, 0.1) is 19.3 Å². The summed E-state index contributed by atoms with van der Waals surface area (Å²) in [6.45, 7) is 9.39. The highest BCUT2D eigenvalue weighted by molar-refractivity contribution is 5.76. The van der Waals surface area contributed by atoms with Crippen LogP contribution < -0.4 is 10.1 Å². The van der Waals surface area contributed by atoms with E-state index in [1.807, 2.05) is 59.5 Å². The third-order valence-electron chi connectivity index (χ3n) is 7.43. The van der Waals surface area contributed by atoms with Gasteiger partial charge in [-0.25, -0.2) is 4.79 Å². The zero-order valence-corrected chi connectivity index (χ0v) is 24.6. The maximum absolute atomic E-state index is 13.2. The van der Waals surface area contributed by atoms with E-state index in [4.69, 9.17) is 14.2 Å². The topological polar surface area (TPSA) is 97.3 Å². The molecule has 1 aliphatic rings. The summed E-state index contributed by atoms with van der Waals surface area (Å²) in [5.41, 5.74) is 1.65. The van der Waals surface area contributed by atoms with Crippen LogP contribution in [0.4, 0.5) is 4.79 Å². The van der Waals surface area contributed by atoms with Crippen LogP contribution in [-0.2, 0) is 27.3 Å². The van der Waals surface area contributed by atoms with E-state index >= 15 is 0 Å². The van der Waals surface area contributed by atoms with Gasteiger partial charge in [-0.15, -0.1) is 0 Å². The second-order valence-electron chi connectivity index (χ2n) is 11.7. The van der Waals surface area contributed by atoms with Crippen molar-refractivity contribution in [3.63, 3.8) is 0 Å². The zero-order valence-electron chi connectivity index (χ0n) is 24.6. The van der Waals surface area contributed by atoms with Gasteiger partial charge in [0.15, 0.2) is 0 Å². The standard InChI is InChI=1S/C32H46N2O6/c1-6-11-29(32(2,3)4)40-30(36)27-14-10-19-34(27)21-28(35)26(20-23-15-17-25(38-5)18-16-23)33-31(37)39-22-24-12-8-7-9-13-24/h7-9,12-13,15-18,26-29,35H,6,10-11,14,19-22H2,1-5H3,(H,33,37)/t26-,27-,28+,29?/m0/s1. The minimum absolute atomic E-state index is 0.130. The van der Waals surface area contributed by atoms with E-state index in [2.05, 4.69) is 33.0 Å². The number of methoxy groups -OCH3 is 1. The average molecular weight is 555 g/mol. The molecule has 1 aliphatic heterocycles. The highest BCUT2D eigenvalue weighted by Gasteiger charge is 2.37. The molecule has 0 aliphatic carbocycles. The number of alkyl carbamates (subject to hydrolysis) is 1. The number of likely N-dealkylation sites (tertiary alicyclic amines) is 1. The molecule has 8 heteroatoms. The van der Waals surface area contributed by atoms with Gasteiger partial charge in [0, 0.05) is 6.54 Å². The quantitative estimate of drug-likeness (QED) is 0.332. The fourth-order valence-electron chi connectivity index (χ4n) is 5.04. The van der Waals surface area contributed by atoms with Crippen LogP contribution in [0.2, 0.25) is 0 Å². The number of β-amino-alcohol motifs (C(OH)–C–C–N with tert-alkyl or cyclic N) is 1. The van der Waals surface area contributed by atoms with E-state index in [1.54, 1.807) is 7.11 Å². The largest absolute Gasteiger partial charge is 0.497 e. The van der Waals surface area contributed by atoms with Gasteiger partial charge in [0.25, 0.3) is 0 Å². The Labute approximate surface area is 239 Å². The Bertz CT molecular complexity index is 1050. The second kappa shape index (κ2) is 15.1. The van der Waals surface area contributed by atoms with E-state index in [0.29, 0.717) is 19.4 Å². The molecule has 0 radical (unpaired) electrons. The van der Waals surface area contributed by atoms with E-state index in [-0.39, 0.29) is 30.6 Å². The molecular formula is C32H46N2O6. The molecule has 0 spiro atoms. The smallest absolute Gasteiger partial charge is 0.407 e. The van der Waals surface area contributed by atoms with Crippen LogP contribution in [0.1, 0.15) is 64.5 Å². The van der Waals surface area contributed by atoms with Crippen molar-refractivity contribution >= 4 is 12.1 Å². The Morgan fingerprint density at radius 1 is 1.07 bits per heavy atom. The molecule has 40 heavy (non-hydrogen) atoms. The summed E-state index contributed by atoms with van der Waals surface area (Å²) in [6, 6.07) is 15.9. The predicted molar refractivity (Wildman–Crippen MR) is 155 cm³/mol. The van der Waals surface area contributed by atoms with Gasteiger partial charge < -0.3 is 24.6 Å². The summed E-state index contributed by atoms with van der Waals surface area (Å²) < 4.78 is 16.7. The number of nitrogens with one attached hydrogen (secondary N) is 1. The minimum atomic E-state index is -0.936. The van der Waals surface area contributed by atoms with Crippen LogP contribution in [0.15, 0.2) is 54.6 Å². The molecule has 1 heterocycles. The fourth-order valence-corrected chi connectivity index (χ4v) is 5.04. The summed E-state index contributed by atoms with van der Waals surface area (Å²) in [6.07, 6.45) is 1.95. The van der Waals surface area contributed by atoms with E-state index in [9.17, 15) is 14.7 Å². The summed E-state index contributed by atoms with van der Waals surface area (Å²) in [4.78, 5) is 28.0. The lowest BCUT2D eigenvalue weighted by Crippen LogP contribution is -2.51. The number of hydrogen-bond acceptors (Lipinski definition) is 7. The number of hydrogen-bond donors (Lipinski definition) is 2. The lowest BCUT2D eigenvalue weighted by atomic mass is 9.86. The van der Waals surface area contributed by atoms with Gasteiger partial charge in [-0.2, -0.15) is 0 Å². The number of carbonyl (C=O) groups excluding carboxylic acids is 2. The van der Waals surface area contributed by atoms with Crippen molar-refractivity contribution in [3.05, 3.63) is 65.7 Å². The highest BCUT2D eigenvalue weighted by Crippen LogP contribution is 2.28. The minimum Gasteiger partial charge on any atom is -0.497 e. The fraction of sp³-hybridized carbons (Fsp3) is 0.562. The molecule has 220 valence electrons. The molecule has 1 amide bonds. The summed E-state index contributed by atoms with van der Waals surface area (Å²) in [5, 5.41) is 14.2. The Morgan fingerprint density at radius 2 is 1.77 bits per heavy atom. The van der Waals surface area contributed by atoms with Crippen LogP contribution in [0.5, 0.6) is 5.75 Å². The molecule has 2 N–H and O–H groups in total.